The lowest BCUT2D eigenvalue weighted by Crippen LogP contribution is -1.99. The van der Waals surface area contributed by atoms with E-state index in [0.29, 0.717) is 5.15 Å². The zero-order valence-electron chi connectivity index (χ0n) is 8.03. The zero-order valence-corrected chi connectivity index (χ0v) is 8.78. The van der Waals surface area contributed by atoms with Gasteiger partial charge in [-0.2, -0.15) is 5.10 Å². The van der Waals surface area contributed by atoms with Crippen LogP contribution in [0.4, 0.5) is 0 Å². The fourth-order valence-electron chi connectivity index (χ4n) is 1.38. The third kappa shape index (κ3) is 1.63. The molecule has 3 nitrogen and oxygen atoms in total. The van der Waals surface area contributed by atoms with Gasteiger partial charge in [-0.05, 0) is 32.0 Å². The van der Waals surface area contributed by atoms with Crippen LogP contribution in [0.3, 0.4) is 0 Å². The molecule has 0 saturated heterocycles. The van der Waals surface area contributed by atoms with Gasteiger partial charge in [0.1, 0.15) is 5.15 Å². The van der Waals surface area contributed by atoms with Gasteiger partial charge in [0.2, 0.25) is 0 Å². The van der Waals surface area contributed by atoms with Gasteiger partial charge in [0.25, 0.3) is 0 Å². The van der Waals surface area contributed by atoms with Crippen molar-refractivity contribution in [3.8, 4) is 5.69 Å². The lowest BCUT2D eigenvalue weighted by Gasteiger charge is -2.02. The Labute approximate surface area is 87.3 Å². The Balaban J connectivity index is 2.49. The topological polar surface area (TPSA) is 30.7 Å². The van der Waals surface area contributed by atoms with E-state index in [1.54, 1.807) is 12.3 Å². The van der Waals surface area contributed by atoms with Crippen LogP contribution in [0.5, 0.6) is 0 Å². The lowest BCUT2D eigenvalue weighted by atomic mass is 10.4. The molecule has 0 amide bonds. The lowest BCUT2D eigenvalue weighted by molar-refractivity contribution is 0.828. The minimum Gasteiger partial charge on any atom is -0.242 e. The molecule has 2 rings (SSSR count). The van der Waals surface area contributed by atoms with Crippen LogP contribution in [0.25, 0.3) is 5.69 Å². The summed E-state index contributed by atoms with van der Waals surface area (Å²) in [6.45, 7) is 3.97. The van der Waals surface area contributed by atoms with E-state index >= 15 is 0 Å². The first-order valence-electron chi connectivity index (χ1n) is 4.32. The van der Waals surface area contributed by atoms with Gasteiger partial charge in [0.05, 0.1) is 17.6 Å². The molecule has 0 fully saturated rings. The second-order valence-corrected chi connectivity index (χ2v) is 3.57. The highest BCUT2D eigenvalue weighted by Gasteiger charge is 2.03. The molecule has 0 atom stereocenters. The molecular weight excluding hydrogens is 198 g/mol. The van der Waals surface area contributed by atoms with Gasteiger partial charge in [-0.1, -0.05) is 11.6 Å². The van der Waals surface area contributed by atoms with Crippen molar-refractivity contribution in [2.45, 2.75) is 13.8 Å². The number of rotatable bonds is 1. The highest BCUT2D eigenvalue weighted by Crippen LogP contribution is 2.12. The van der Waals surface area contributed by atoms with E-state index in [2.05, 4.69) is 10.1 Å². The Hall–Kier alpha value is -1.35. The zero-order chi connectivity index (χ0) is 10.1. The van der Waals surface area contributed by atoms with E-state index in [-0.39, 0.29) is 0 Å². The van der Waals surface area contributed by atoms with E-state index in [1.165, 1.54) is 0 Å². The first kappa shape index (κ1) is 9.21. The normalized spacial score (nSPS) is 10.5. The average molecular weight is 208 g/mol. The summed E-state index contributed by atoms with van der Waals surface area (Å²) in [5.41, 5.74) is 3.02. The number of aryl methyl sites for hydroxylation is 2. The van der Waals surface area contributed by atoms with Gasteiger partial charge in [-0.15, -0.1) is 0 Å². The van der Waals surface area contributed by atoms with E-state index in [0.717, 1.165) is 17.1 Å². The van der Waals surface area contributed by atoms with Crippen molar-refractivity contribution in [2.75, 3.05) is 0 Å². The smallest absolute Gasteiger partial charge is 0.129 e. The standard InChI is InChI=1S/C10H10ClN3/c1-7-5-8(2)14(13-7)9-3-4-10(11)12-6-9/h3-6H,1-2H3. The molecule has 0 aliphatic rings. The fraction of sp³-hybridized carbons (Fsp3) is 0.200. The molecule has 2 aromatic heterocycles. The number of halogens is 1. The number of hydrogen-bond donors (Lipinski definition) is 0. The summed E-state index contributed by atoms with van der Waals surface area (Å²) in [6.07, 6.45) is 1.71. The SMILES string of the molecule is Cc1cc(C)n(-c2ccc(Cl)nc2)n1. The van der Waals surface area contributed by atoms with Crippen LogP contribution in [0, 0.1) is 13.8 Å². The van der Waals surface area contributed by atoms with Crippen molar-refractivity contribution < 1.29 is 0 Å². The summed E-state index contributed by atoms with van der Waals surface area (Å²) in [4.78, 5) is 4.01. The maximum absolute atomic E-state index is 5.70. The predicted molar refractivity (Wildman–Crippen MR) is 55.8 cm³/mol. The van der Waals surface area contributed by atoms with Crippen molar-refractivity contribution in [1.29, 1.82) is 0 Å². The molecular formula is C10H10ClN3. The van der Waals surface area contributed by atoms with E-state index in [4.69, 9.17) is 11.6 Å². The molecule has 0 N–H and O–H groups in total. The van der Waals surface area contributed by atoms with E-state index in [1.807, 2.05) is 30.7 Å². The molecule has 72 valence electrons. The van der Waals surface area contributed by atoms with E-state index in [9.17, 15) is 0 Å². The van der Waals surface area contributed by atoms with Crippen LogP contribution in [0.15, 0.2) is 24.4 Å². The van der Waals surface area contributed by atoms with Crippen LogP contribution in [0.1, 0.15) is 11.4 Å². The third-order valence-corrected chi connectivity index (χ3v) is 2.19. The quantitative estimate of drug-likeness (QED) is 0.673. The molecule has 4 heteroatoms. The molecule has 14 heavy (non-hydrogen) atoms. The average Bonchev–Trinajstić information content (AvgIpc) is 2.47. The molecule has 0 radical (unpaired) electrons. The van der Waals surface area contributed by atoms with Gasteiger partial charge in [-0.3, -0.25) is 0 Å². The molecule has 0 saturated carbocycles. The Morgan fingerprint density at radius 1 is 1.29 bits per heavy atom. The van der Waals surface area contributed by atoms with Gasteiger partial charge >= 0.3 is 0 Å². The van der Waals surface area contributed by atoms with Crippen molar-refractivity contribution >= 4 is 11.6 Å². The van der Waals surface area contributed by atoms with Gasteiger partial charge in [-0.25, -0.2) is 9.67 Å². The number of aromatic nitrogens is 3. The van der Waals surface area contributed by atoms with Crippen LogP contribution in [-0.4, -0.2) is 14.8 Å². The molecule has 0 spiro atoms. The third-order valence-electron chi connectivity index (χ3n) is 1.97. The molecule has 0 unspecified atom stereocenters. The van der Waals surface area contributed by atoms with Crippen molar-refractivity contribution in [3.05, 3.63) is 40.9 Å². The van der Waals surface area contributed by atoms with Crippen LogP contribution >= 0.6 is 11.6 Å². The van der Waals surface area contributed by atoms with Crippen molar-refractivity contribution in [1.82, 2.24) is 14.8 Å². The highest BCUT2D eigenvalue weighted by molar-refractivity contribution is 6.29. The molecule has 0 aliphatic heterocycles. The molecule has 0 bridgehead atoms. The van der Waals surface area contributed by atoms with Gasteiger partial charge in [0.15, 0.2) is 0 Å². The number of hydrogen-bond acceptors (Lipinski definition) is 2. The Bertz CT molecular complexity index is 445. The summed E-state index contributed by atoms with van der Waals surface area (Å²) < 4.78 is 1.85. The maximum Gasteiger partial charge on any atom is 0.129 e. The minimum atomic E-state index is 0.496. The highest BCUT2D eigenvalue weighted by atomic mass is 35.5. The molecule has 0 aromatic carbocycles. The first-order chi connectivity index (χ1) is 6.66. The molecule has 0 aliphatic carbocycles. The van der Waals surface area contributed by atoms with Gasteiger partial charge < -0.3 is 0 Å². The van der Waals surface area contributed by atoms with Gasteiger partial charge in [0, 0.05) is 5.69 Å². The second-order valence-electron chi connectivity index (χ2n) is 3.18. The summed E-state index contributed by atoms with van der Waals surface area (Å²) in [5.74, 6) is 0. The minimum absolute atomic E-state index is 0.496. The largest absolute Gasteiger partial charge is 0.242 e. The number of pyridine rings is 1. The maximum atomic E-state index is 5.70. The summed E-state index contributed by atoms with van der Waals surface area (Å²) in [6, 6.07) is 5.68. The Morgan fingerprint density at radius 3 is 2.57 bits per heavy atom. The van der Waals surface area contributed by atoms with Crippen LogP contribution in [-0.2, 0) is 0 Å². The monoisotopic (exact) mass is 207 g/mol. The van der Waals surface area contributed by atoms with Crippen LogP contribution < -0.4 is 0 Å². The fourth-order valence-corrected chi connectivity index (χ4v) is 1.50. The summed E-state index contributed by atoms with van der Waals surface area (Å²) in [5, 5.41) is 4.84. The number of nitrogens with zero attached hydrogens (tertiary/aromatic N) is 3. The van der Waals surface area contributed by atoms with E-state index < -0.39 is 0 Å². The van der Waals surface area contributed by atoms with Crippen molar-refractivity contribution in [3.63, 3.8) is 0 Å². The first-order valence-corrected chi connectivity index (χ1v) is 4.70. The summed E-state index contributed by atoms with van der Waals surface area (Å²) in [7, 11) is 0. The molecule has 2 aromatic rings. The summed E-state index contributed by atoms with van der Waals surface area (Å²) >= 11 is 5.70. The Kier molecular flexibility index (Phi) is 2.25. The molecule has 2 heterocycles. The van der Waals surface area contributed by atoms with Crippen molar-refractivity contribution in [2.24, 2.45) is 0 Å². The Morgan fingerprint density at radius 2 is 2.07 bits per heavy atom. The predicted octanol–water partition coefficient (Wildman–Crippen LogP) is 2.54. The van der Waals surface area contributed by atoms with Crippen LogP contribution in [0.2, 0.25) is 5.15 Å². The second kappa shape index (κ2) is 3.42.